The van der Waals surface area contributed by atoms with E-state index in [0.717, 1.165) is 28.9 Å². The quantitative estimate of drug-likeness (QED) is 0.719. The highest BCUT2D eigenvalue weighted by molar-refractivity contribution is 5.80. The van der Waals surface area contributed by atoms with Crippen LogP contribution in [0.3, 0.4) is 0 Å². The second-order valence-corrected chi connectivity index (χ2v) is 6.56. The lowest BCUT2D eigenvalue weighted by atomic mass is 9.87. The number of hydrogen-bond donors (Lipinski definition) is 1. The maximum absolute atomic E-state index is 5.87. The normalized spacial score (nSPS) is 11.8. The van der Waals surface area contributed by atoms with E-state index in [1.807, 2.05) is 18.2 Å². The van der Waals surface area contributed by atoms with Crippen molar-refractivity contribution in [1.29, 1.82) is 0 Å². The van der Waals surface area contributed by atoms with Gasteiger partial charge in [-0.05, 0) is 48.2 Å². The first-order chi connectivity index (χ1) is 10.5. The largest absolute Gasteiger partial charge is 0.436 e. The summed E-state index contributed by atoms with van der Waals surface area (Å²) in [5.74, 6) is 0.670. The topological polar surface area (TPSA) is 38.1 Å². The number of aromatic nitrogens is 1. The predicted octanol–water partition coefficient (Wildman–Crippen LogP) is 5.22. The number of nitrogens with one attached hydrogen (secondary N) is 1. The summed E-state index contributed by atoms with van der Waals surface area (Å²) in [6.07, 6.45) is 0. The lowest BCUT2D eigenvalue weighted by molar-refractivity contribution is 0.589. The number of rotatable bonds is 3. The van der Waals surface area contributed by atoms with Gasteiger partial charge in [0.1, 0.15) is 5.52 Å². The van der Waals surface area contributed by atoms with Crippen LogP contribution in [0.15, 0.2) is 46.9 Å². The molecule has 3 aromatic rings. The van der Waals surface area contributed by atoms with Gasteiger partial charge in [0, 0.05) is 17.8 Å². The van der Waals surface area contributed by atoms with Crippen LogP contribution < -0.4 is 5.32 Å². The van der Waals surface area contributed by atoms with Crippen LogP contribution in [0.25, 0.3) is 22.6 Å². The molecule has 3 heteroatoms. The second kappa shape index (κ2) is 5.48. The van der Waals surface area contributed by atoms with Crippen molar-refractivity contribution in [2.75, 3.05) is 11.9 Å². The lowest BCUT2D eigenvalue weighted by Gasteiger charge is -2.18. The van der Waals surface area contributed by atoms with Crippen molar-refractivity contribution < 1.29 is 4.42 Å². The summed E-state index contributed by atoms with van der Waals surface area (Å²) in [7, 11) is 0. The second-order valence-electron chi connectivity index (χ2n) is 6.56. The molecule has 0 fully saturated rings. The highest BCUT2D eigenvalue weighted by Crippen LogP contribution is 2.28. The number of oxazole rings is 1. The molecule has 114 valence electrons. The molecule has 1 aromatic heterocycles. The first-order valence-electron chi connectivity index (χ1n) is 7.73. The maximum atomic E-state index is 5.87. The molecule has 3 rings (SSSR count). The lowest BCUT2D eigenvalue weighted by Crippen LogP contribution is -2.10. The molecule has 1 heterocycles. The molecule has 0 aliphatic heterocycles. The van der Waals surface area contributed by atoms with Crippen molar-refractivity contribution in [3.05, 3.63) is 48.0 Å². The predicted molar refractivity (Wildman–Crippen MR) is 92.3 cm³/mol. The van der Waals surface area contributed by atoms with E-state index >= 15 is 0 Å². The first-order valence-corrected chi connectivity index (χ1v) is 7.73. The Morgan fingerprint density at radius 3 is 2.41 bits per heavy atom. The Morgan fingerprint density at radius 1 is 1.05 bits per heavy atom. The van der Waals surface area contributed by atoms with Gasteiger partial charge in [0.2, 0.25) is 5.89 Å². The van der Waals surface area contributed by atoms with Crippen molar-refractivity contribution in [2.45, 2.75) is 33.1 Å². The van der Waals surface area contributed by atoms with Crippen molar-refractivity contribution >= 4 is 16.8 Å². The molecule has 0 atom stereocenters. The number of hydrogen-bond acceptors (Lipinski definition) is 3. The summed E-state index contributed by atoms with van der Waals surface area (Å²) in [6, 6.07) is 14.5. The Balaban J connectivity index is 1.96. The van der Waals surface area contributed by atoms with Gasteiger partial charge in [-0.25, -0.2) is 4.98 Å². The highest BCUT2D eigenvalue weighted by atomic mass is 16.3. The zero-order valence-corrected chi connectivity index (χ0v) is 13.6. The molecule has 0 bridgehead atoms. The van der Waals surface area contributed by atoms with E-state index in [4.69, 9.17) is 4.42 Å². The molecule has 3 nitrogen and oxygen atoms in total. The van der Waals surface area contributed by atoms with Gasteiger partial charge >= 0.3 is 0 Å². The third-order valence-corrected chi connectivity index (χ3v) is 3.77. The summed E-state index contributed by atoms with van der Waals surface area (Å²) in [4.78, 5) is 4.61. The van der Waals surface area contributed by atoms with Crippen LogP contribution in [0.2, 0.25) is 0 Å². The van der Waals surface area contributed by atoms with Crippen LogP contribution in [-0.2, 0) is 5.41 Å². The van der Waals surface area contributed by atoms with E-state index in [0.29, 0.717) is 5.89 Å². The number of nitrogens with zero attached hydrogens (tertiary/aromatic N) is 1. The fourth-order valence-corrected chi connectivity index (χ4v) is 2.48. The highest BCUT2D eigenvalue weighted by Gasteiger charge is 2.14. The third-order valence-electron chi connectivity index (χ3n) is 3.77. The van der Waals surface area contributed by atoms with Crippen LogP contribution >= 0.6 is 0 Å². The van der Waals surface area contributed by atoms with Crippen molar-refractivity contribution in [3.63, 3.8) is 0 Å². The summed E-state index contributed by atoms with van der Waals surface area (Å²) < 4.78 is 5.87. The fraction of sp³-hybridized carbons (Fsp3) is 0.316. The average Bonchev–Trinajstić information content (AvgIpc) is 2.90. The number of benzene rings is 2. The third kappa shape index (κ3) is 2.84. The van der Waals surface area contributed by atoms with E-state index < -0.39 is 0 Å². The number of fused-ring (bicyclic) bond motifs is 1. The van der Waals surface area contributed by atoms with E-state index in [1.54, 1.807) is 0 Å². The van der Waals surface area contributed by atoms with Crippen molar-refractivity contribution in [3.8, 4) is 11.5 Å². The molecule has 0 saturated heterocycles. The van der Waals surface area contributed by atoms with E-state index in [2.05, 4.69) is 62.3 Å². The minimum Gasteiger partial charge on any atom is -0.436 e. The Labute approximate surface area is 131 Å². The first kappa shape index (κ1) is 14.6. The molecule has 1 N–H and O–H groups in total. The number of anilines is 1. The van der Waals surface area contributed by atoms with Gasteiger partial charge in [-0.2, -0.15) is 0 Å². The van der Waals surface area contributed by atoms with Gasteiger partial charge in [-0.1, -0.05) is 32.9 Å². The van der Waals surface area contributed by atoms with Crippen LogP contribution in [0, 0.1) is 0 Å². The SMILES string of the molecule is CCNc1ccc2oc(-c3ccc(C(C)(C)C)cc3)nc2c1. The standard InChI is InChI=1S/C19H22N2O/c1-5-20-15-10-11-17-16(12-15)21-18(22-17)13-6-8-14(9-7-13)19(2,3)4/h6-12,20H,5H2,1-4H3. The zero-order chi connectivity index (χ0) is 15.7. The molecule has 2 aromatic carbocycles. The molecule has 0 aliphatic rings. The molecule has 0 radical (unpaired) electrons. The van der Waals surface area contributed by atoms with Crippen molar-refractivity contribution in [2.24, 2.45) is 0 Å². The molecule has 0 amide bonds. The van der Waals surface area contributed by atoms with E-state index in [1.165, 1.54) is 5.56 Å². The molecule has 0 spiro atoms. The Kier molecular flexibility index (Phi) is 3.65. The Morgan fingerprint density at radius 2 is 1.77 bits per heavy atom. The van der Waals surface area contributed by atoms with E-state index in [-0.39, 0.29) is 5.41 Å². The zero-order valence-electron chi connectivity index (χ0n) is 13.6. The van der Waals surface area contributed by atoms with Gasteiger partial charge < -0.3 is 9.73 Å². The summed E-state index contributed by atoms with van der Waals surface area (Å²) in [6.45, 7) is 9.61. The maximum Gasteiger partial charge on any atom is 0.227 e. The monoisotopic (exact) mass is 294 g/mol. The minimum absolute atomic E-state index is 0.153. The Hall–Kier alpha value is -2.29. The molecule has 0 saturated carbocycles. The summed E-state index contributed by atoms with van der Waals surface area (Å²) in [5, 5.41) is 3.29. The van der Waals surface area contributed by atoms with Gasteiger partial charge in [-0.3, -0.25) is 0 Å². The van der Waals surface area contributed by atoms with Crippen LogP contribution in [0.5, 0.6) is 0 Å². The van der Waals surface area contributed by atoms with Gasteiger partial charge in [0.25, 0.3) is 0 Å². The minimum atomic E-state index is 0.153. The van der Waals surface area contributed by atoms with Crippen LogP contribution in [0.4, 0.5) is 5.69 Å². The van der Waals surface area contributed by atoms with Crippen molar-refractivity contribution in [1.82, 2.24) is 4.98 Å². The van der Waals surface area contributed by atoms with Gasteiger partial charge in [-0.15, -0.1) is 0 Å². The average molecular weight is 294 g/mol. The van der Waals surface area contributed by atoms with Crippen LogP contribution in [0.1, 0.15) is 33.3 Å². The van der Waals surface area contributed by atoms with Gasteiger partial charge in [0.15, 0.2) is 5.58 Å². The molecule has 0 aliphatic carbocycles. The van der Waals surface area contributed by atoms with E-state index in [9.17, 15) is 0 Å². The summed E-state index contributed by atoms with van der Waals surface area (Å²) >= 11 is 0. The molecule has 0 unspecified atom stereocenters. The molecular formula is C19H22N2O. The Bertz CT molecular complexity index is 779. The summed E-state index contributed by atoms with van der Waals surface area (Å²) in [5.41, 5.74) is 5.24. The van der Waals surface area contributed by atoms with Gasteiger partial charge in [0.05, 0.1) is 0 Å². The molecular weight excluding hydrogens is 272 g/mol. The smallest absolute Gasteiger partial charge is 0.227 e. The molecule has 22 heavy (non-hydrogen) atoms. The van der Waals surface area contributed by atoms with Crippen LogP contribution in [-0.4, -0.2) is 11.5 Å². The fourth-order valence-electron chi connectivity index (χ4n) is 2.48.